The molecule has 4 aliphatic carbocycles. The molecule has 0 unspecified atom stereocenters. The van der Waals surface area contributed by atoms with Crippen molar-refractivity contribution in [3.63, 3.8) is 0 Å². The predicted molar refractivity (Wildman–Crippen MR) is 69.3 cm³/mol. The van der Waals surface area contributed by atoms with E-state index in [0.717, 1.165) is 22.9 Å². The van der Waals surface area contributed by atoms with Crippen LogP contribution < -0.4 is 5.32 Å². The van der Waals surface area contributed by atoms with E-state index in [-0.39, 0.29) is 0 Å². The third-order valence-corrected chi connectivity index (χ3v) is 6.32. The van der Waals surface area contributed by atoms with E-state index in [1.807, 2.05) is 7.05 Å². The molecular formula is C13H19N3S. The van der Waals surface area contributed by atoms with Crippen molar-refractivity contribution >= 4 is 16.5 Å². The Kier molecular flexibility index (Phi) is 2.08. The lowest BCUT2D eigenvalue weighted by molar-refractivity contribution is -0.00555. The number of nitrogens with zero attached hydrogens (tertiary/aromatic N) is 2. The predicted octanol–water partition coefficient (Wildman–Crippen LogP) is 3.05. The van der Waals surface area contributed by atoms with Crippen LogP contribution in [0, 0.1) is 17.8 Å². The highest BCUT2D eigenvalue weighted by molar-refractivity contribution is 7.15. The van der Waals surface area contributed by atoms with E-state index in [9.17, 15) is 0 Å². The van der Waals surface area contributed by atoms with Gasteiger partial charge in [0, 0.05) is 12.5 Å². The molecule has 1 aromatic rings. The van der Waals surface area contributed by atoms with Gasteiger partial charge in [0.2, 0.25) is 5.13 Å². The van der Waals surface area contributed by atoms with Crippen LogP contribution in [0.2, 0.25) is 0 Å². The lowest BCUT2D eigenvalue weighted by atomic mass is 9.50. The highest BCUT2D eigenvalue weighted by atomic mass is 32.1. The second-order valence-electron chi connectivity index (χ2n) is 6.36. The molecule has 1 aromatic heterocycles. The van der Waals surface area contributed by atoms with Gasteiger partial charge in [0.1, 0.15) is 5.01 Å². The molecule has 4 heteroatoms. The summed E-state index contributed by atoms with van der Waals surface area (Å²) in [4.78, 5) is 0. The largest absolute Gasteiger partial charge is 0.363 e. The minimum Gasteiger partial charge on any atom is -0.363 e. The maximum absolute atomic E-state index is 4.48. The van der Waals surface area contributed by atoms with E-state index in [4.69, 9.17) is 0 Å². The quantitative estimate of drug-likeness (QED) is 0.875. The van der Waals surface area contributed by atoms with Crippen LogP contribution in [0.15, 0.2) is 0 Å². The number of rotatable bonds is 2. The van der Waals surface area contributed by atoms with Gasteiger partial charge < -0.3 is 5.32 Å². The molecule has 1 N–H and O–H groups in total. The Morgan fingerprint density at radius 3 is 2.12 bits per heavy atom. The fourth-order valence-electron chi connectivity index (χ4n) is 4.91. The molecule has 0 atom stereocenters. The Balaban J connectivity index is 1.72. The number of hydrogen-bond acceptors (Lipinski definition) is 4. The second kappa shape index (κ2) is 3.44. The van der Waals surface area contributed by atoms with Crippen LogP contribution in [-0.4, -0.2) is 17.2 Å². The molecule has 5 rings (SSSR count). The van der Waals surface area contributed by atoms with Gasteiger partial charge in [0.25, 0.3) is 0 Å². The van der Waals surface area contributed by atoms with Gasteiger partial charge in [-0.2, -0.15) is 0 Å². The summed E-state index contributed by atoms with van der Waals surface area (Å²) in [5.41, 5.74) is 0.418. The van der Waals surface area contributed by atoms with E-state index in [1.54, 1.807) is 11.3 Å². The molecule has 0 aromatic carbocycles. The van der Waals surface area contributed by atoms with Crippen LogP contribution >= 0.6 is 11.3 Å². The summed E-state index contributed by atoms with van der Waals surface area (Å²) in [5, 5.41) is 14.2. The Morgan fingerprint density at radius 2 is 1.65 bits per heavy atom. The number of anilines is 1. The van der Waals surface area contributed by atoms with Gasteiger partial charge in [-0.15, -0.1) is 10.2 Å². The maximum Gasteiger partial charge on any atom is 0.205 e. The van der Waals surface area contributed by atoms with Gasteiger partial charge in [0.15, 0.2) is 0 Å². The average Bonchev–Trinajstić information content (AvgIpc) is 2.76. The third kappa shape index (κ3) is 1.46. The molecule has 0 aliphatic heterocycles. The summed E-state index contributed by atoms with van der Waals surface area (Å²) in [5.74, 6) is 2.97. The zero-order valence-electron chi connectivity index (χ0n) is 10.3. The molecule has 4 aliphatic rings. The maximum atomic E-state index is 4.48. The van der Waals surface area contributed by atoms with Crippen molar-refractivity contribution in [3.05, 3.63) is 5.01 Å². The zero-order valence-corrected chi connectivity index (χ0v) is 11.1. The van der Waals surface area contributed by atoms with Gasteiger partial charge in [-0.3, -0.25) is 0 Å². The van der Waals surface area contributed by atoms with Crippen LogP contribution in [0.5, 0.6) is 0 Å². The zero-order chi connectivity index (χ0) is 11.5. The van der Waals surface area contributed by atoms with Crippen molar-refractivity contribution in [3.8, 4) is 0 Å². The fourth-order valence-corrected chi connectivity index (χ4v) is 5.83. The molecule has 0 radical (unpaired) electrons. The fraction of sp³-hybridized carbons (Fsp3) is 0.846. The SMILES string of the molecule is CNc1nnc(C23CC4CC(CC(C4)C2)C3)s1. The second-order valence-corrected chi connectivity index (χ2v) is 7.34. The van der Waals surface area contributed by atoms with Crippen LogP contribution in [0.4, 0.5) is 5.13 Å². The summed E-state index contributed by atoms with van der Waals surface area (Å²) in [7, 11) is 1.93. The average molecular weight is 249 g/mol. The summed E-state index contributed by atoms with van der Waals surface area (Å²) in [6.07, 6.45) is 8.65. The van der Waals surface area contributed by atoms with Gasteiger partial charge >= 0.3 is 0 Å². The third-order valence-electron chi connectivity index (χ3n) is 5.13. The highest BCUT2D eigenvalue weighted by Crippen LogP contribution is 2.61. The Morgan fingerprint density at radius 1 is 1.06 bits per heavy atom. The standard InChI is InChI=1S/C13H19N3S/c1-14-12-16-15-11(17-12)13-5-8-2-9(6-13)4-10(3-8)7-13/h8-10H,2-7H2,1H3,(H,14,16). The molecule has 3 nitrogen and oxygen atoms in total. The summed E-state index contributed by atoms with van der Waals surface area (Å²) < 4.78 is 0. The van der Waals surface area contributed by atoms with E-state index in [2.05, 4.69) is 15.5 Å². The van der Waals surface area contributed by atoms with Crippen molar-refractivity contribution in [2.45, 2.75) is 43.9 Å². The number of hydrogen-bond donors (Lipinski definition) is 1. The van der Waals surface area contributed by atoms with Crippen LogP contribution in [0.3, 0.4) is 0 Å². The van der Waals surface area contributed by atoms with E-state index in [0.29, 0.717) is 5.41 Å². The molecule has 0 amide bonds. The Bertz CT molecular complexity index is 404. The highest BCUT2D eigenvalue weighted by Gasteiger charge is 2.53. The molecule has 0 saturated heterocycles. The monoisotopic (exact) mass is 249 g/mol. The lowest BCUT2D eigenvalue weighted by Gasteiger charge is -2.55. The topological polar surface area (TPSA) is 37.8 Å². The molecule has 92 valence electrons. The molecule has 1 heterocycles. The van der Waals surface area contributed by atoms with Crippen LogP contribution in [-0.2, 0) is 5.41 Å². The molecule has 4 bridgehead atoms. The van der Waals surface area contributed by atoms with Gasteiger partial charge in [-0.05, 0) is 56.3 Å². The minimum atomic E-state index is 0.418. The molecule has 4 saturated carbocycles. The Hall–Kier alpha value is -0.640. The normalized spacial score (nSPS) is 43.0. The van der Waals surface area contributed by atoms with Gasteiger partial charge in [-0.1, -0.05) is 11.3 Å². The van der Waals surface area contributed by atoms with Gasteiger partial charge in [-0.25, -0.2) is 0 Å². The molecular weight excluding hydrogens is 230 g/mol. The summed E-state index contributed by atoms with van der Waals surface area (Å²) in [6, 6.07) is 0. The summed E-state index contributed by atoms with van der Waals surface area (Å²) in [6.45, 7) is 0. The molecule has 0 spiro atoms. The first-order valence-corrected chi connectivity index (χ1v) is 7.61. The molecule has 4 fully saturated rings. The summed E-state index contributed by atoms with van der Waals surface area (Å²) >= 11 is 1.79. The first-order chi connectivity index (χ1) is 8.27. The van der Waals surface area contributed by atoms with Crippen molar-refractivity contribution < 1.29 is 0 Å². The minimum absolute atomic E-state index is 0.418. The van der Waals surface area contributed by atoms with Crippen LogP contribution in [0.1, 0.15) is 43.5 Å². The van der Waals surface area contributed by atoms with E-state index in [1.165, 1.54) is 43.5 Å². The smallest absolute Gasteiger partial charge is 0.205 e. The number of aromatic nitrogens is 2. The van der Waals surface area contributed by atoms with Crippen molar-refractivity contribution in [1.82, 2.24) is 10.2 Å². The van der Waals surface area contributed by atoms with Crippen molar-refractivity contribution in [1.29, 1.82) is 0 Å². The van der Waals surface area contributed by atoms with Gasteiger partial charge in [0.05, 0.1) is 0 Å². The number of nitrogens with one attached hydrogen (secondary N) is 1. The molecule has 17 heavy (non-hydrogen) atoms. The van der Waals surface area contributed by atoms with Crippen molar-refractivity contribution in [2.24, 2.45) is 17.8 Å². The van der Waals surface area contributed by atoms with Crippen molar-refractivity contribution in [2.75, 3.05) is 12.4 Å². The first kappa shape index (κ1) is 10.3. The van der Waals surface area contributed by atoms with Crippen LogP contribution in [0.25, 0.3) is 0 Å². The van der Waals surface area contributed by atoms with E-state index >= 15 is 0 Å². The Labute approximate surface area is 106 Å². The first-order valence-electron chi connectivity index (χ1n) is 6.79. The lowest BCUT2D eigenvalue weighted by Crippen LogP contribution is -2.48. The van der Waals surface area contributed by atoms with E-state index < -0.39 is 0 Å².